The Morgan fingerprint density at radius 3 is 2.47 bits per heavy atom. The number of benzene rings is 2. The fraction of sp³-hybridized carbons (Fsp3) is 0.143. The minimum Gasteiger partial charge on any atom is -0.388 e. The summed E-state index contributed by atoms with van der Waals surface area (Å²) in [7, 11) is 0. The van der Waals surface area contributed by atoms with E-state index in [-0.39, 0.29) is 11.4 Å². The largest absolute Gasteiger partial charge is 0.388 e. The van der Waals surface area contributed by atoms with Crippen LogP contribution in [0.5, 0.6) is 0 Å². The second kappa shape index (κ2) is 6.10. The van der Waals surface area contributed by atoms with Crippen molar-refractivity contribution in [2.24, 2.45) is 0 Å². The molecule has 0 saturated carbocycles. The average molecular weight is 320 g/mol. The van der Waals surface area contributed by atoms with Crippen molar-refractivity contribution in [2.75, 3.05) is 0 Å². The molecule has 1 unspecified atom stereocenters. The van der Waals surface area contributed by atoms with E-state index in [1.807, 2.05) is 0 Å². The van der Waals surface area contributed by atoms with E-state index < -0.39 is 11.9 Å². The van der Waals surface area contributed by atoms with E-state index >= 15 is 0 Å². The molecule has 2 rings (SSSR count). The highest BCUT2D eigenvalue weighted by Crippen LogP contribution is 2.32. The van der Waals surface area contributed by atoms with Crippen molar-refractivity contribution in [3.8, 4) is 0 Å². The van der Waals surface area contributed by atoms with E-state index in [4.69, 9.17) is 34.8 Å². The fourth-order valence-electron chi connectivity index (χ4n) is 1.78. The molecule has 0 aliphatic heterocycles. The highest BCUT2D eigenvalue weighted by molar-refractivity contribution is 6.42. The smallest absolute Gasteiger partial charge is 0.124 e. The molecule has 0 heterocycles. The van der Waals surface area contributed by atoms with Crippen molar-refractivity contribution >= 4 is 34.8 Å². The molecule has 1 nitrogen and oxygen atoms in total. The molecule has 0 radical (unpaired) electrons. The summed E-state index contributed by atoms with van der Waals surface area (Å²) in [6.07, 6.45) is -0.617. The third-order valence-electron chi connectivity index (χ3n) is 2.77. The summed E-state index contributed by atoms with van der Waals surface area (Å²) in [5, 5.41) is 11.1. The lowest BCUT2D eigenvalue weighted by Crippen LogP contribution is -2.03. The molecule has 100 valence electrons. The summed E-state index contributed by atoms with van der Waals surface area (Å²) < 4.78 is 12.9. The van der Waals surface area contributed by atoms with E-state index in [0.717, 1.165) is 0 Å². The molecule has 0 aliphatic rings. The van der Waals surface area contributed by atoms with Gasteiger partial charge in [-0.2, -0.15) is 0 Å². The monoisotopic (exact) mass is 318 g/mol. The maximum Gasteiger partial charge on any atom is 0.124 e. The van der Waals surface area contributed by atoms with Crippen LogP contribution >= 0.6 is 34.8 Å². The van der Waals surface area contributed by atoms with Crippen LogP contribution in [0.2, 0.25) is 15.1 Å². The maximum atomic E-state index is 12.9. The highest BCUT2D eigenvalue weighted by Gasteiger charge is 2.15. The zero-order chi connectivity index (χ0) is 14.0. The zero-order valence-corrected chi connectivity index (χ0v) is 12.0. The molecule has 1 atom stereocenters. The van der Waals surface area contributed by atoms with Crippen molar-refractivity contribution < 1.29 is 9.50 Å². The van der Waals surface area contributed by atoms with Gasteiger partial charge in [0.1, 0.15) is 5.82 Å². The normalized spacial score (nSPS) is 12.5. The van der Waals surface area contributed by atoms with Gasteiger partial charge in [-0.25, -0.2) is 4.39 Å². The number of rotatable bonds is 3. The lowest BCUT2D eigenvalue weighted by atomic mass is 10.0. The van der Waals surface area contributed by atoms with Gasteiger partial charge in [-0.05, 0) is 23.8 Å². The van der Waals surface area contributed by atoms with Crippen LogP contribution in [0.3, 0.4) is 0 Å². The van der Waals surface area contributed by atoms with E-state index in [1.54, 1.807) is 24.3 Å². The standard InChI is InChI=1S/C14H10Cl3FO/c15-11-3-1-2-10(14(11)17)13(19)6-8-4-5-9(18)7-12(8)16/h1-5,7,13,19H,6H2. The predicted octanol–water partition coefficient (Wildman–Crippen LogP) is 5.06. The molecule has 0 fully saturated rings. The lowest BCUT2D eigenvalue weighted by Gasteiger charge is -2.14. The van der Waals surface area contributed by atoms with E-state index in [1.165, 1.54) is 12.1 Å². The summed E-state index contributed by atoms with van der Waals surface area (Å²) in [5.74, 6) is -0.413. The second-order valence-electron chi connectivity index (χ2n) is 4.10. The Labute approximate surface area is 125 Å². The SMILES string of the molecule is OC(Cc1ccc(F)cc1Cl)c1cccc(Cl)c1Cl. The first-order valence-electron chi connectivity index (χ1n) is 5.55. The molecule has 2 aromatic carbocycles. The van der Waals surface area contributed by atoms with Crippen LogP contribution in [0, 0.1) is 5.82 Å². The fourth-order valence-corrected chi connectivity index (χ4v) is 2.46. The molecule has 2 aromatic rings. The minimum absolute atomic E-state index is 0.235. The first-order chi connectivity index (χ1) is 8.99. The minimum atomic E-state index is -0.853. The van der Waals surface area contributed by atoms with E-state index in [9.17, 15) is 9.50 Å². The Morgan fingerprint density at radius 1 is 1.05 bits per heavy atom. The van der Waals surface area contributed by atoms with Crippen molar-refractivity contribution in [3.63, 3.8) is 0 Å². The van der Waals surface area contributed by atoms with Gasteiger partial charge in [-0.1, -0.05) is 53.0 Å². The predicted molar refractivity (Wildman–Crippen MR) is 76.5 cm³/mol. The second-order valence-corrected chi connectivity index (χ2v) is 5.29. The lowest BCUT2D eigenvalue weighted by molar-refractivity contribution is 0.178. The van der Waals surface area contributed by atoms with Gasteiger partial charge in [0.2, 0.25) is 0 Å². The first kappa shape index (κ1) is 14.6. The molecular weight excluding hydrogens is 310 g/mol. The third-order valence-corrected chi connectivity index (χ3v) is 3.95. The number of halogens is 4. The van der Waals surface area contributed by atoms with Crippen molar-refractivity contribution in [1.82, 2.24) is 0 Å². The molecular formula is C14H10Cl3FO. The van der Waals surface area contributed by atoms with Gasteiger partial charge < -0.3 is 5.11 Å². The molecule has 0 aliphatic carbocycles. The van der Waals surface area contributed by atoms with Crippen molar-refractivity contribution in [1.29, 1.82) is 0 Å². The van der Waals surface area contributed by atoms with Crippen LogP contribution in [0.1, 0.15) is 17.2 Å². The maximum absolute atomic E-state index is 12.9. The van der Waals surface area contributed by atoms with Gasteiger partial charge in [0.25, 0.3) is 0 Å². The van der Waals surface area contributed by atoms with Gasteiger partial charge in [0.15, 0.2) is 0 Å². The summed E-state index contributed by atoms with van der Waals surface area (Å²) >= 11 is 17.9. The number of aliphatic hydroxyl groups is 1. The molecule has 1 N–H and O–H groups in total. The summed E-state index contributed by atoms with van der Waals surface area (Å²) in [6, 6.07) is 9.09. The molecule has 0 amide bonds. The van der Waals surface area contributed by atoms with Crippen LogP contribution in [-0.2, 0) is 6.42 Å². The van der Waals surface area contributed by atoms with Crippen LogP contribution in [-0.4, -0.2) is 5.11 Å². The molecule has 19 heavy (non-hydrogen) atoms. The van der Waals surface area contributed by atoms with E-state index in [2.05, 4.69) is 0 Å². The zero-order valence-electron chi connectivity index (χ0n) is 9.71. The Balaban J connectivity index is 2.25. The summed E-state index contributed by atoms with van der Waals surface area (Å²) in [6.45, 7) is 0. The topological polar surface area (TPSA) is 20.2 Å². The third kappa shape index (κ3) is 3.40. The van der Waals surface area contributed by atoms with Gasteiger partial charge >= 0.3 is 0 Å². The van der Waals surface area contributed by atoms with Gasteiger partial charge in [-0.15, -0.1) is 0 Å². The number of hydrogen-bond donors (Lipinski definition) is 1. The summed E-state index contributed by atoms with van der Waals surface area (Å²) in [5.41, 5.74) is 1.17. The van der Waals surface area contributed by atoms with Crippen LogP contribution in [0.15, 0.2) is 36.4 Å². The number of aliphatic hydroxyl groups excluding tert-OH is 1. The van der Waals surface area contributed by atoms with Crippen molar-refractivity contribution in [2.45, 2.75) is 12.5 Å². The average Bonchev–Trinajstić information content (AvgIpc) is 2.36. The Hall–Kier alpha value is -0.800. The Morgan fingerprint density at radius 2 is 1.79 bits per heavy atom. The quantitative estimate of drug-likeness (QED) is 0.838. The molecule has 0 bridgehead atoms. The summed E-state index contributed by atoms with van der Waals surface area (Å²) in [4.78, 5) is 0. The molecule has 0 saturated heterocycles. The molecule has 0 aromatic heterocycles. The van der Waals surface area contributed by atoms with E-state index in [0.29, 0.717) is 21.2 Å². The number of hydrogen-bond acceptors (Lipinski definition) is 1. The highest BCUT2D eigenvalue weighted by atomic mass is 35.5. The Bertz CT molecular complexity index is 601. The van der Waals surface area contributed by atoms with Gasteiger partial charge in [-0.3, -0.25) is 0 Å². The Kier molecular flexibility index (Phi) is 4.69. The van der Waals surface area contributed by atoms with Crippen molar-refractivity contribution in [3.05, 3.63) is 68.4 Å². The van der Waals surface area contributed by atoms with Crippen LogP contribution in [0.25, 0.3) is 0 Å². The van der Waals surface area contributed by atoms with Crippen LogP contribution < -0.4 is 0 Å². The molecule has 0 spiro atoms. The first-order valence-corrected chi connectivity index (χ1v) is 6.68. The van der Waals surface area contributed by atoms with Gasteiger partial charge in [0, 0.05) is 17.0 Å². The molecule has 5 heteroatoms. The van der Waals surface area contributed by atoms with Crippen LogP contribution in [0.4, 0.5) is 4.39 Å². The van der Waals surface area contributed by atoms with Gasteiger partial charge in [0.05, 0.1) is 16.1 Å².